The Morgan fingerprint density at radius 3 is 1.28 bits per heavy atom. The van der Waals surface area contributed by atoms with E-state index in [1.54, 1.807) is 0 Å². The van der Waals surface area contributed by atoms with Crippen molar-refractivity contribution < 1.29 is 0 Å². The lowest BCUT2D eigenvalue weighted by atomic mass is 10.1. The van der Waals surface area contributed by atoms with E-state index in [4.69, 9.17) is 15.0 Å². The molecule has 3 heterocycles. The van der Waals surface area contributed by atoms with Gasteiger partial charge in [-0.05, 0) is 42.5 Å². The zero-order valence-corrected chi connectivity index (χ0v) is 27.0. The van der Waals surface area contributed by atoms with Crippen molar-refractivity contribution >= 4 is 43.6 Å². The lowest BCUT2D eigenvalue weighted by Crippen LogP contribution is -2.00. The van der Waals surface area contributed by atoms with Crippen LogP contribution in [0.2, 0.25) is 0 Å². The summed E-state index contributed by atoms with van der Waals surface area (Å²) in [6.07, 6.45) is 0. The molecule has 10 rings (SSSR count). The fourth-order valence-electron chi connectivity index (χ4n) is 7.28. The van der Waals surface area contributed by atoms with Crippen molar-refractivity contribution in [1.29, 1.82) is 0 Å². The number of rotatable bonds is 5. The highest BCUT2D eigenvalue weighted by molar-refractivity contribution is 6.12. The predicted octanol–water partition coefficient (Wildman–Crippen LogP) is 11.1. The number of nitrogens with zero attached hydrogens (tertiary/aromatic N) is 5. The molecule has 0 aliphatic heterocycles. The average molecular weight is 640 g/mol. The smallest absolute Gasteiger partial charge is 0.164 e. The van der Waals surface area contributed by atoms with Crippen LogP contribution in [0, 0.1) is 0 Å². The Morgan fingerprint density at radius 2 is 0.700 bits per heavy atom. The Hall–Kier alpha value is -6.85. The zero-order chi connectivity index (χ0) is 33.0. The van der Waals surface area contributed by atoms with Crippen LogP contribution in [0.15, 0.2) is 176 Å². The maximum atomic E-state index is 5.04. The van der Waals surface area contributed by atoms with Gasteiger partial charge in [-0.15, -0.1) is 0 Å². The number of benzene rings is 7. The molecule has 0 N–H and O–H groups in total. The van der Waals surface area contributed by atoms with E-state index >= 15 is 0 Å². The molecular weight excluding hydrogens is 611 g/mol. The second kappa shape index (κ2) is 11.4. The monoisotopic (exact) mass is 639 g/mol. The molecule has 0 bridgehead atoms. The third-order valence-electron chi connectivity index (χ3n) is 9.56. The van der Waals surface area contributed by atoms with E-state index in [1.165, 1.54) is 27.1 Å². The van der Waals surface area contributed by atoms with Gasteiger partial charge in [0.2, 0.25) is 0 Å². The molecule has 3 aromatic heterocycles. The van der Waals surface area contributed by atoms with Gasteiger partial charge in [-0.25, -0.2) is 15.0 Å². The molecular formula is C45H29N5. The molecule has 0 saturated carbocycles. The van der Waals surface area contributed by atoms with Gasteiger partial charge in [-0.3, -0.25) is 0 Å². The second-order valence-corrected chi connectivity index (χ2v) is 12.5. The first-order valence-electron chi connectivity index (χ1n) is 16.8. The van der Waals surface area contributed by atoms with Gasteiger partial charge < -0.3 is 9.13 Å². The zero-order valence-electron chi connectivity index (χ0n) is 27.0. The highest BCUT2D eigenvalue weighted by Gasteiger charge is 2.18. The van der Waals surface area contributed by atoms with Crippen LogP contribution in [0.3, 0.4) is 0 Å². The molecule has 0 atom stereocenters. The fraction of sp³-hybridized carbons (Fsp3) is 0. The van der Waals surface area contributed by atoms with Crippen molar-refractivity contribution in [2.45, 2.75) is 0 Å². The molecule has 50 heavy (non-hydrogen) atoms. The lowest BCUT2D eigenvalue weighted by molar-refractivity contribution is 1.07. The number of aromatic nitrogens is 5. The molecule has 0 aliphatic rings. The van der Waals surface area contributed by atoms with Gasteiger partial charge in [-0.1, -0.05) is 133 Å². The average Bonchev–Trinajstić information content (AvgIpc) is 3.71. The van der Waals surface area contributed by atoms with E-state index in [0.717, 1.165) is 44.6 Å². The van der Waals surface area contributed by atoms with Gasteiger partial charge in [0, 0.05) is 49.6 Å². The van der Waals surface area contributed by atoms with Crippen molar-refractivity contribution in [2.75, 3.05) is 0 Å². The van der Waals surface area contributed by atoms with E-state index < -0.39 is 0 Å². The Balaban J connectivity index is 1.22. The summed E-state index contributed by atoms with van der Waals surface area (Å²) in [5, 5.41) is 4.83. The minimum absolute atomic E-state index is 0.635. The van der Waals surface area contributed by atoms with E-state index in [1.807, 2.05) is 60.7 Å². The summed E-state index contributed by atoms with van der Waals surface area (Å²) in [5.74, 6) is 1.93. The summed E-state index contributed by atoms with van der Waals surface area (Å²) >= 11 is 0. The van der Waals surface area contributed by atoms with Gasteiger partial charge in [0.05, 0.1) is 22.1 Å². The van der Waals surface area contributed by atoms with Gasteiger partial charge in [0.25, 0.3) is 0 Å². The fourth-order valence-corrected chi connectivity index (χ4v) is 7.28. The van der Waals surface area contributed by atoms with Crippen LogP contribution >= 0.6 is 0 Å². The first-order chi connectivity index (χ1) is 24.8. The molecule has 5 heteroatoms. The van der Waals surface area contributed by atoms with Gasteiger partial charge in [0.1, 0.15) is 0 Å². The van der Waals surface area contributed by atoms with Crippen molar-refractivity contribution in [3.8, 4) is 45.5 Å². The summed E-state index contributed by atoms with van der Waals surface area (Å²) in [6, 6.07) is 61.5. The molecule has 0 saturated heterocycles. The number of fused-ring (bicyclic) bond motifs is 6. The summed E-state index contributed by atoms with van der Waals surface area (Å²) in [6.45, 7) is 0. The minimum Gasteiger partial charge on any atom is -0.309 e. The second-order valence-electron chi connectivity index (χ2n) is 12.5. The Labute approximate surface area is 288 Å². The van der Waals surface area contributed by atoms with E-state index in [2.05, 4.69) is 124 Å². The number of para-hydroxylation sites is 3. The van der Waals surface area contributed by atoms with Crippen LogP contribution < -0.4 is 0 Å². The predicted molar refractivity (Wildman–Crippen MR) is 205 cm³/mol. The largest absolute Gasteiger partial charge is 0.309 e. The van der Waals surface area contributed by atoms with Crippen molar-refractivity contribution in [3.05, 3.63) is 176 Å². The topological polar surface area (TPSA) is 48.5 Å². The van der Waals surface area contributed by atoms with Gasteiger partial charge in [-0.2, -0.15) is 0 Å². The Kier molecular flexibility index (Phi) is 6.42. The van der Waals surface area contributed by atoms with Crippen LogP contribution in [-0.2, 0) is 0 Å². The quantitative estimate of drug-likeness (QED) is 0.188. The first kappa shape index (κ1) is 28.2. The van der Waals surface area contributed by atoms with Gasteiger partial charge in [0.15, 0.2) is 17.5 Å². The third-order valence-corrected chi connectivity index (χ3v) is 9.56. The summed E-state index contributed by atoms with van der Waals surface area (Å²) in [4.78, 5) is 15.0. The molecule has 0 aliphatic carbocycles. The molecule has 0 fully saturated rings. The number of hydrogen-bond donors (Lipinski definition) is 0. The molecule has 10 aromatic rings. The van der Waals surface area contributed by atoms with Crippen LogP contribution in [0.4, 0.5) is 0 Å². The SMILES string of the molecule is c1ccc(-c2nc(-c3ccccc3)nc(-c3ccc4c5ccccc5n(-c5ccc6c7ccccc7n(-c7ccccc7)c6c5)c4c3)n2)cc1. The molecule has 5 nitrogen and oxygen atoms in total. The molecule has 0 spiro atoms. The van der Waals surface area contributed by atoms with E-state index in [-0.39, 0.29) is 0 Å². The van der Waals surface area contributed by atoms with Crippen molar-refractivity contribution in [3.63, 3.8) is 0 Å². The van der Waals surface area contributed by atoms with E-state index in [9.17, 15) is 0 Å². The molecule has 7 aromatic carbocycles. The van der Waals surface area contributed by atoms with Crippen LogP contribution in [-0.4, -0.2) is 24.1 Å². The first-order valence-corrected chi connectivity index (χ1v) is 16.8. The normalized spacial score (nSPS) is 11.6. The minimum atomic E-state index is 0.635. The maximum absolute atomic E-state index is 5.04. The standard InChI is InChI=1S/C45H29N5/c1-4-14-30(15-5-1)43-46-44(31-16-6-2-7-17-31)48-45(47-43)32-24-26-37-35-20-11-13-23-40(35)50(41(37)28-32)34-25-27-38-36-21-10-12-22-39(36)49(42(38)29-34)33-18-8-3-9-19-33/h1-29H. The van der Waals surface area contributed by atoms with Crippen molar-refractivity contribution in [1.82, 2.24) is 24.1 Å². The highest BCUT2D eigenvalue weighted by Crippen LogP contribution is 2.38. The summed E-state index contributed by atoms with van der Waals surface area (Å²) in [5.41, 5.74) is 9.64. The lowest BCUT2D eigenvalue weighted by Gasteiger charge is -2.12. The summed E-state index contributed by atoms with van der Waals surface area (Å²) in [7, 11) is 0. The maximum Gasteiger partial charge on any atom is 0.164 e. The molecule has 234 valence electrons. The molecule has 0 amide bonds. The van der Waals surface area contributed by atoms with Crippen LogP contribution in [0.1, 0.15) is 0 Å². The van der Waals surface area contributed by atoms with Gasteiger partial charge >= 0.3 is 0 Å². The van der Waals surface area contributed by atoms with Crippen LogP contribution in [0.5, 0.6) is 0 Å². The Morgan fingerprint density at radius 1 is 0.280 bits per heavy atom. The van der Waals surface area contributed by atoms with Crippen molar-refractivity contribution in [2.24, 2.45) is 0 Å². The number of hydrogen-bond acceptors (Lipinski definition) is 3. The highest BCUT2D eigenvalue weighted by atomic mass is 15.0. The summed E-state index contributed by atoms with van der Waals surface area (Å²) < 4.78 is 4.74. The van der Waals surface area contributed by atoms with Crippen LogP contribution in [0.25, 0.3) is 89.2 Å². The third kappa shape index (κ3) is 4.52. The molecule has 0 radical (unpaired) electrons. The molecule has 0 unspecified atom stereocenters. The Bertz CT molecular complexity index is 2800. The van der Waals surface area contributed by atoms with E-state index in [0.29, 0.717) is 17.5 Å².